The topological polar surface area (TPSA) is 73.2 Å². The molecule has 0 spiro atoms. The lowest BCUT2D eigenvalue weighted by molar-refractivity contribution is -0.0395. The molecule has 5 rings (SSSR count). The lowest BCUT2D eigenvalue weighted by atomic mass is 9.92. The summed E-state index contributed by atoms with van der Waals surface area (Å²) in [6.07, 6.45) is 10.2. The van der Waals surface area contributed by atoms with Crippen LogP contribution in [0.3, 0.4) is 0 Å². The monoisotopic (exact) mass is 483 g/mol. The van der Waals surface area contributed by atoms with Gasteiger partial charge in [0.25, 0.3) is 5.91 Å². The first-order valence-corrected chi connectivity index (χ1v) is 12.8. The van der Waals surface area contributed by atoms with Crippen LogP contribution in [0.5, 0.6) is 0 Å². The van der Waals surface area contributed by atoms with Crippen molar-refractivity contribution in [2.75, 3.05) is 11.9 Å². The van der Waals surface area contributed by atoms with Gasteiger partial charge in [-0.1, -0.05) is 12.1 Å². The Hall–Kier alpha value is -2.48. The summed E-state index contributed by atoms with van der Waals surface area (Å²) in [7, 11) is 0. The van der Waals surface area contributed by atoms with Gasteiger partial charge in [0.05, 0.1) is 17.3 Å². The van der Waals surface area contributed by atoms with Crippen LogP contribution in [0.25, 0.3) is 0 Å². The molecular formula is C25H26ClN3O3S. The minimum atomic E-state index is -0.235. The van der Waals surface area contributed by atoms with Crippen molar-refractivity contribution in [3.05, 3.63) is 69.4 Å². The van der Waals surface area contributed by atoms with Crippen LogP contribution >= 0.6 is 22.9 Å². The highest BCUT2D eigenvalue weighted by Gasteiger charge is 2.28. The molecule has 1 N–H and O–H groups in total. The number of alkyl halides is 1. The lowest BCUT2D eigenvalue weighted by Crippen LogP contribution is -2.18. The SMILES string of the molecule is O=C(Nc1sc2c(c1C(=O)c1cnn(C3CCCCO3)c1)CCCC2)c1cccc(CCl)c1. The van der Waals surface area contributed by atoms with E-state index < -0.39 is 0 Å². The van der Waals surface area contributed by atoms with Crippen LogP contribution < -0.4 is 5.32 Å². The molecule has 33 heavy (non-hydrogen) atoms. The van der Waals surface area contributed by atoms with Crippen molar-refractivity contribution < 1.29 is 14.3 Å². The first-order chi connectivity index (χ1) is 16.1. The van der Waals surface area contributed by atoms with E-state index in [2.05, 4.69) is 10.4 Å². The Bertz CT molecular complexity index is 1180. The van der Waals surface area contributed by atoms with Gasteiger partial charge >= 0.3 is 0 Å². The highest BCUT2D eigenvalue weighted by molar-refractivity contribution is 7.17. The number of ether oxygens (including phenoxy) is 1. The Balaban J connectivity index is 1.45. The summed E-state index contributed by atoms with van der Waals surface area (Å²) in [5.74, 6) is 0.00882. The highest BCUT2D eigenvalue weighted by atomic mass is 35.5. The van der Waals surface area contributed by atoms with Crippen LogP contribution in [-0.4, -0.2) is 28.1 Å². The number of thiophene rings is 1. The Labute approximate surface area is 201 Å². The Morgan fingerprint density at radius 3 is 2.88 bits per heavy atom. The van der Waals surface area contributed by atoms with Crippen molar-refractivity contribution in [3.63, 3.8) is 0 Å². The van der Waals surface area contributed by atoms with E-state index in [0.717, 1.165) is 56.1 Å². The Morgan fingerprint density at radius 1 is 1.18 bits per heavy atom. The molecule has 1 aliphatic heterocycles. The molecule has 0 bridgehead atoms. The summed E-state index contributed by atoms with van der Waals surface area (Å²) in [4.78, 5) is 27.9. The first-order valence-electron chi connectivity index (χ1n) is 11.5. The quantitative estimate of drug-likeness (QED) is 0.358. The molecule has 1 atom stereocenters. The summed E-state index contributed by atoms with van der Waals surface area (Å²) < 4.78 is 7.56. The molecule has 3 heterocycles. The maximum atomic E-state index is 13.7. The average Bonchev–Trinajstić information content (AvgIpc) is 3.49. The van der Waals surface area contributed by atoms with Crippen molar-refractivity contribution in [2.45, 2.75) is 57.1 Å². The number of hydrogen-bond donors (Lipinski definition) is 1. The molecule has 2 aromatic heterocycles. The summed E-state index contributed by atoms with van der Waals surface area (Å²) in [6.45, 7) is 0.715. The number of carbonyl (C=O) groups excluding carboxylic acids is 2. The van der Waals surface area contributed by atoms with E-state index in [9.17, 15) is 9.59 Å². The second kappa shape index (κ2) is 9.79. The van der Waals surface area contributed by atoms with E-state index in [1.54, 1.807) is 29.2 Å². The van der Waals surface area contributed by atoms with Crippen molar-refractivity contribution in [2.24, 2.45) is 0 Å². The van der Waals surface area contributed by atoms with Crippen molar-refractivity contribution in [3.8, 4) is 0 Å². The van der Waals surface area contributed by atoms with Gasteiger partial charge in [-0.25, -0.2) is 4.68 Å². The maximum Gasteiger partial charge on any atom is 0.256 e. The van der Waals surface area contributed by atoms with Crippen LogP contribution in [0.2, 0.25) is 0 Å². The molecule has 0 saturated carbocycles. The number of ketones is 1. The van der Waals surface area contributed by atoms with Gasteiger partial charge in [0, 0.05) is 29.1 Å². The summed E-state index contributed by atoms with van der Waals surface area (Å²) in [5, 5.41) is 8.05. The van der Waals surface area contributed by atoms with E-state index >= 15 is 0 Å². The summed E-state index contributed by atoms with van der Waals surface area (Å²) in [6, 6.07) is 7.25. The number of amides is 1. The number of fused-ring (bicyclic) bond motifs is 1. The number of hydrogen-bond acceptors (Lipinski definition) is 5. The predicted octanol–water partition coefficient (Wildman–Crippen LogP) is 5.74. The van der Waals surface area contributed by atoms with Crippen LogP contribution in [0, 0.1) is 0 Å². The number of aryl methyl sites for hydroxylation is 1. The normalized spacial score (nSPS) is 18.0. The number of nitrogens with zero attached hydrogens (tertiary/aromatic N) is 2. The number of nitrogens with one attached hydrogen (secondary N) is 1. The molecule has 1 amide bonds. The number of anilines is 1. The van der Waals surface area contributed by atoms with Gasteiger partial charge in [-0.2, -0.15) is 5.10 Å². The third kappa shape index (κ3) is 4.63. The fraction of sp³-hybridized carbons (Fsp3) is 0.400. The Kier molecular flexibility index (Phi) is 6.62. The van der Waals surface area contributed by atoms with Gasteiger partial charge in [-0.3, -0.25) is 9.59 Å². The zero-order valence-corrected chi connectivity index (χ0v) is 19.9. The minimum Gasteiger partial charge on any atom is -0.357 e. The van der Waals surface area contributed by atoms with Crippen molar-refractivity contribution in [1.29, 1.82) is 0 Å². The van der Waals surface area contributed by atoms with Gasteiger partial charge in [0.1, 0.15) is 11.2 Å². The largest absolute Gasteiger partial charge is 0.357 e. The van der Waals surface area contributed by atoms with Crippen LogP contribution in [0.1, 0.15) is 80.6 Å². The lowest BCUT2D eigenvalue weighted by Gasteiger charge is -2.22. The molecule has 1 saturated heterocycles. The van der Waals surface area contributed by atoms with E-state index in [-0.39, 0.29) is 17.9 Å². The number of rotatable bonds is 6. The van der Waals surface area contributed by atoms with Crippen LogP contribution in [-0.2, 0) is 23.5 Å². The maximum absolute atomic E-state index is 13.7. The van der Waals surface area contributed by atoms with E-state index in [0.29, 0.717) is 34.2 Å². The van der Waals surface area contributed by atoms with Crippen molar-refractivity contribution >= 4 is 39.6 Å². The molecule has 1 unspecified atom stereocenters. The predicted molar refractivity (Wildman–Crippen MR) is 129 cm³/mol. The van der Waals surface area contributed by atoms with E-state index in [1.807, 2.05) is 12.1 Å². The zero-order valence-electron chi connectivity index (χ0n) is 18.3. The van der Waals surface area contributed by atoms with Gasteiger partial charge < -0.3 is 10.1 Å². The minimum absolute atomic E-state index is 0.0960. The number of aromatic nitrogens is 2. The molecule has 6 nitrogen and oxygen atoms in total. The van der Waals surface area contributed by atoms with Gasteiger partial charge in [0.2, 0.25) is 0 Å². The molecule has 1 aromatic carbocycles. The standard InChI is InChI=1S/C25H26ClN3O3S/c26-13-16-6-5-7-17(12-16)24(31)28-25-22(19-8-1-2-9-20(19)33-25)23(30)18-14-27-29(15-18)21-10-3-4-11-32-21/h5-7,12,14-15,21H,1-4,8-11,13H2,(H,28,31). The van der Waals surface area contributed by atoms with Gasteiger partial charge in [-0.15, -0.1) is 22.9 Å². The molecule has 172 valence electrons. The van der Waals surface area contributed by atoms with Crippen molar-refractivity contribution in [1.82, 2.24) is 9.78 Å². The molecular weight excluding hydrogens is 458 g/mol. The molecule has 1 aliphatic carbocycles. The summed E-state index contributed by atoms with van der Waals surface area (Å²) >= 11 is 7.46. The summed E-state index contributed by atoms with van der Waals surface area (Å²) in [5.41, 5.74) is 3.61. The van der Waals surface area contributed by atoms with E-state index in [1.165, 1.54) is 16.2 Å². The third-order valence-corrected chi connectivity index (χ3v) is 7.80. The number of benzene rings is 1. The zero-order chi connectivity index (χ0) is 22.8. The fourth-order valence-corrected chi connectivity index (χ4v) is 6.00. The van der Waals surface area contributed by atoms with E-state index in [4.69, 9.17) is 16.3 Å². The first kappa shape index (κ1) is 22.3. The van der Waals surface area contributed by atoms with Crippen LogP contribution in [0.15, 0.2) is 36.7 Å². The third-order valence-electron chi connectivity index (χ3n) is 6.28. The Morgan fingerprint density at radius 2 is 2.06 bits per heavy atom. The fourth-order valence-electron chi connectivity index (χ4n) is 4.55. The smallest absolute Gasteiger partial charge is 0.256 e. The molecule has 3 aromatic rings. The molecule has 1 fully saturated rings. The molecule has 0 radical (unpaired) electrons. The highest BCUT2D eigenvalue weighted by Crippen LogP contribution is 2.39. The number of halogens is 1. The molecule has 8 heteroatoms. The van der Waals surface area contributed by atoms with Gasteiger partial charge in [-0.05, 0) is 68.2 Å². The average molecular weight is 484 g/mol. The van der Waals surface area contributed by atoms with Crippen LogP contribution in [0.4, 0.5) is 5.00 Å². The number of carbonyl (C=O) groups is 2. The second-order valence-electron chi connectivity index (χ2n) is 8.56. The second-order valence-corrected chi connectivity index (χ2v) is 9.93. The van der Waals surface area contributed by atoms with Gasteiger partial charge in [0.15, 0.2) is 5.78 Å². The molecule has 2 aliphatic rings.